The minimum Gasteiger partial charge on any atom is -0.295 e. The zero-order valence-corrected chi connectivity index (χ0v) is 16.6. The van der Waals surface area contributed by atoms with Crippen molar-refractivity contribution in [3.05, 3.63) is 82.2 Å². The van der Waals surface area contributed by atoms with E-state index in [0.717, 1.165) is 33.6 Å². The molecular weight excluding hydrogens is 346 g/mol. The predicted molar refractivity (Wildman–Crippen MR) is 111 cm³/mol. The third-order valence-corrected chi connectivity index (χ3v) is 5.27. The van der Waals surface area contributed by atoms with Crippen LogP contribution in [-0.2, 0) is 5.41 Å². The molecule has 2 aromatic carbocycles. The Bertz CT molecular complexity index is 1090. The van der Waals surface area contributed by atoms with E-state index in [9.17, 15) is 4.79 Å². The lowest BCUT2D eigenvalue weighted by Crippen LogP contribution is -2.30. The lowest BCUT2D eigenvalue weighted by atomic mass is 9.85. The fraction of sp³-hybridized carbons (Fsp3) is 0.250. The monoisotopic (exact) mass is 369 g/mol. The summed E-state index contributed by atoms with van der Waals surface area (Å²) in [5.74, 6) is 2.56. The summed E-state index contributed by atoms with van der Waals surface area (Å²) in [6.07, 6.45) is 5.50. The van der Waals surface area contributed by atoms with Gasteiger partial charge in [-0.1, -0.05) is 51.0 Å². The second-order valence-electron chi connectivity index (χ2n) is 8.24. The Kier molecular flexibility index (Phi) is 4.12. The van der Waals surface area contributed by atoms with Crippen molar-refractivity contribution in [2.24, 2.45) is 0 Å². The highest BCUT2D eigenvalue weighted by Gasteiger charge is 2.44. The van der Waals surface area contributed by atoms with Gasteiger partial charge >= 0.3 is 0 Å². The lowest BCUT2D eigenvalue weighted by molar-refractivity contribution is 0.0988. The standard InChI is InChI=1S/C24H23N3O/c1-6-16-11-13-17(14-12-16)27-21(18-10-8-7-9-15(18)2)19-20(23(27)28)25-26-22(19)24(3,4)5/h1,7-14,21H,2-5H3,(H,25,26). The van der Waals surface area contributed by atoms with Crippen molar-refractivity contribution in [2.75, 3.05) is 4.90 Å². The third-order valence-electron chi connectivity index (χ3n) is 5.27. The van der Waals surface area contributed by atoms with Crippen LogP contribution in [-0.4, -0.2) is 16.1 Å². The van der Waals surface area contributed by atoms with Gasteiger partial charge < -0.3 is 0 Å². The first kappa shape index (κ1) is 18.1. The summed E-state index contributed by atoms with van der Waals surface area (Å²) < 4.78 is 0. The second kappa shape index (κ2) is 6.38. The van der Waals surface area contributed by atoms with Crippen molar-refractivity contribution in [1.29, 1.82) is 0 Å². The number of benzene rings is 2. The van der Waals surface area contributed by atoms with Crippen molar-refractivity contribution < 1.29 is 4.79 Å². The summed E-state index contributed by atoms with van der Waals surface area (Å²) in [6, 6.07) is 15.5. The molecule has 0 radical (unpaired) electrons. The highest BCUT2D eigenvalue weighted by Crippen LogP contribution is 2.45. The van der Waals surface area contributed by atoms with Gasteiger partial charge in [-0.25, -0.2) is 0 Å². The molecule has 0 saturated carbocycles. The van der Waals surface area contributed by atoms with Crippen molar-refractivity contribution >= 4 is 11.6 Å². The SMILES string of the molecule is C#Cc1ccc(N2C(=O)c3[nH]nc(C(C)(C)C)c3C2c2ccccc2C)cc1. The van der Waals surface area contributed by atoms with E-state index in [-0.39, 0.29) is 17.4 Å². The van der Waals surface area contributed by atoms with Crippen LogP contribution in [0, 0.1) is 19.3 Å². The number of terminal acetylenes is 1. The van der Waals surface area contributed by atoms with Crippen molar-refractivity contribution in [3.63, 3.8) is 0 Å². The molecule has 4 rings (SSSR count). The average Bonchev–Trinajstić information content (AvgIpc) is 3.22. The van der Waals surface area contributed by atoms with Gasteiger partial charge in [0.1, 0.15) is 5.69 Å². The highest BCUT2D eigenvalue weighted by molar-refractivity contribution is 6.10. The van der Waals surface area contributed by atoms with Gasteiger partial charge in [-0.3, -0.25) is 14.8 Å². The maximum atomic E-state index is 13.4. The van der Waals surface area contributed by atoms with E-state index in [1.165, 1.54) is 0 Å². The number of hydrogen-bond acceptors (Lipinski definition) is 2. The number of anilines is 1. The molecule has 2 heterocycles. The fourth-order valence-electron chi connectivity index (χ4n) is 3.89. The first-order valence-corrected chi connectivity index (χ1v) is 9.37. The molecule has 1 aliphatic heterocycles. The predicted octanol–water partition coefficient (Wildman–Crippen LogP) is 4.75. The van der Waals surface area contributed by atoms with Crippen LogP contribution >= 0.6 is 0 Å². The second-order valence-corrected chi connectivity index (χ2v) is 8.24. The molecule has 140 valence electrons. The molecule has 1 aliphatic rings. The van der Waals surface area contributed by atoms with Crippen LogP contribution < -0.4 is 4.90 Å². The summed E-state index contributed by atoms with van der Waals surface area (Å²) in [5.41, 5.74) is 6.12. The Morgan fingerprint density at radius 1 is 1.11 bits per heavy atom. The maximum Gasteiger partial charge on any atom is 0.277 e. The van der Waals surface area contributed by atoms with E-state index in [4.69, 9.17) is 6.42 Å². The largest absolute Gasteiger partial charge is 0.295 e. The number of amides is 1. The van der Waals surface area contributed by atoms with Gasteiger partial charge in [0.15, 0.2) is 0 Å². The van der Waals surface area contributed by atoms with Gasteiger partial charge in [-0.2, -0.15) is 5.10 Å². The Balaban J connectivity index is 1.95. The van der Waals surface area contributed by atoms with E-state index in [1.54, 1.807) is 0 Å². The molecule has 1 N–H and O–H groups in total. The Morgan fingerprint density at radius 2 is 1.79 bits per heavy atom. The Morgan fingerprint density at radius 3 is 2.39 bits per heavy atom. The maximum absolute atomic E-state index is 13.4. The first-order valence-electron chi connectivity index (χ1n) is 9.37. The zero-order chi connectivity index (χ0) is 20.1. The van der Waals surface area contributed by atoms with E-state index < -0.39 is 0 Å². The molecular formula is C24H23N3O. The van der Waals surface area contributed by atoms with Crippen LogP contribution in [0.4, 0.5) is 5.69 Å². The number of fused-ring (bicyclic) bond motifs is 1. The summed E-state index contributed by atoms with van der Waals surface area (Å²) in [6.45, 7) is 8.43. The van der Waals surface area contributed by atoms with Gasteiger partial charge in [0.25, 0.3) is 5.91 Å². The molecule has 0 bridgehead atoms. The number of carbonyl (C=O) groups is 1. The Labute approximate surface area is 165 Å². The fourth-order valence-corrected chi connectivity index (χ4v) is 3.89. The minimum absolute atomic E-state index is 0.0697. The van der Waals surface area contributed by atoms with Crippen LogP contribution in [0.15, 0.2) is 48.5 Å². The summed E-state index contributed by atoms with van der Waals surface area (Å²) >= 11 is 0. The molecule has 4 heteroatoms. The van der Waals surface area contributed by atoms with Gasteiger partial charge in [-0.05, 0) is 42.3 Å². The normalized spacial score (nSPS) is 16.2. The molecule has 3 aromatic rings. The third kappa shape index (κ3) is 2.71. The van der Waals surface area contributed by atoms with Crippen LogP contribution in [0.1, 0.15) is 65.2 Å². The Hall–Kier alpha value is -3.32. The van der Waals surface area contributed by atoms with Crippen LogP contribution in [0.3, 0.4) is 0 Å². The van der Waals surface area contributed by atoms with Crippen molar-refractivity contribution in [1.82, 2.24) is 10.2 Å². The molecule has 1 amide bonds. The molecule has 0 saturated heterocycles. The number of carbonyl (C=O) groups excluding carboxylic acids is 1. The van der Waals surface area contributed by atoms with Gasteiger partial charge in [0.2, 0.25) is 0 Å². The van der Waals surface area contributed by atoms with E-state index in [0.29, 0.717) is 5.69 Å². The molecule has 4 nitrogen and oxygen atoms in total. The van der Waals surface area contributed by atoms with Crippen molar-refractivity contribution in [2.45, 2.75) is 39.2 Å². The number of aromatic amines is 1. The molecule has 0 spiro atoms. The smallest absolute Gasteiger partial charge is 0.277 e. The number of H-pyrrole nitrogens is 1. The van der Waals surface area contributed by atoms with E-state index in [1.807, 2.05) is 41.3 Å². The number of aryl methyl sites for hydroxylation is 1. The van der Waals surface area contributed by atoms with Gasteiger partial charge in [-0.15, -0.1) is 6.42 Å². The number of rotatable bonds is 2. The van der Waals surface area contributed by atoms with Gasteiger partial charge in [0, 0.05) is 22.2 Å². The van der Waals surface area contributed by atoms with E-state index in [2.05, 4.69) is 55.9 Å². The van der Waals surface area contributed by atoms with Crippen LogP contribution in [0.25, 0.3) is 0 Å². The summed E-state index contributed by atoms with van der Waals surface area (Å²) in [4.78, 5) is 15.2. The quantitative estimate of drug-likeness (QED) is 0.663. The van der Waals surface area contributed by atoms with Crippen molar-refractivity contribution in [3.8, 4) is 12.3 Å². The lowest BCUT2D eigenvalue weighted by Gasteiger charge is -2.29. The average molecular weight is 369 g/mol. The number of aromatic nitrogens is 2. The van der Waals surface area contributed by atoms with Gasteiger partial charge in [0.05, 0.1) is 11.7 Å². The topological polar surface area (TPSA) is 49.0 Å². The molecule has 0 fully saturated rings. The molecule has 1 atom stereocenters. The van der Waals surface area contributed by atoms with E-state index >= 15 is 0 Å². The highest BCUT2D eigenvalue weighted by atomic mass is 16.2. The summed E-state index contributed by atoms with van der Waals surface area (Å²) in [7, 11) is 0. The minimum atomic E-state index is -0.228. The van der Waals surface area contributed by atoms with Crippen LogP contribution in [0.5, 0.6) is 0 Å². The molecule has 1 unspecified atom stereocenters. The van der Waals surface area contributed by atoms with Crippen LogP contribution in [0.2, 0.25) is 0 Å². The number of nitrogens with zero attached hydrogens (tertiary/aromatic N) is 2. The molecule has 28 heavy (non-hydrogen) atoms. The molecule has 1 aromatic heterocycles. The molecule has 0 aliphatic carbocycles. The first-order chi connectivity index (χ1) is 13.3. The number of hydrogen-bond donors (Lipinski definition) is 1. The number of nitrogens with one attached hydrogen (secondary N) is 1. The zero-order valence-electron chi connectivity index (χ0n) is 16.6. The summed E-state index contributed by atoms with van der Waals surface area (Å²) in [5, 5.41) is 7.53.